The number of aryl methyl sites for hydroxylation is 1. The predicted molar refractivity (Wildman–Crippen MR) is 85.7 cm³/mol. The molecule has 0 bridgehead atoms. The summed E-state index contributed by atoms with van der Waals surface area (Å²) in [5, 5.41) is 14.5. The minimum Gasteiger partial charge on any atom is -0.544 e. The van der Waals surface area contributed by atoms with E-state index in [-0.39, 0.29) is 4.88 Å². The van der Waals surface area contributed by atoms with Crippen LogP contribution in [0.5, 0.6) is 5.75 Å². The van der Waals surface area contributed by atoms with Gasteiger partial charge in [0, 0.05) is 0 Å². The smallest absolute Gasteiger partial charge is 0.183 e. The van der Waals surface area contributed by atoms with E-state index in [1.165, 1.54) is 5.56 Å². The molecular formula is C16H19N2O3S-. The van der Waals surface area contributed by atoms with Gasteiger partial charge in [-0.1, -0.05) is 43.4 Å². The average molecular weight is 319 g/mol. The number of aromatic carboxylic acids is 1. The number of hydrogen-bond acceptors (Lipinski definition) is 6. The molecule has 2 aromatic rings. The van der Waals surface area contributed by atoms with Crippen molar-refractivity contribution in [3.8, 4) is 5.75 Å². The number of benzene rings is 1. The van der Waals surface area contributed by atoms with Crippen LogP contribution in [0, 0.1) is 6.92 Å². The van der Waals surface area contributed by atoms with Crippen LogP contribution in [0.2, 0.25) is 0 Å². The van der Waals surface area contributed by atoms with E-state index >= 15 is 0 Å². The van der Waals surface area contributed by atoms with Gasteiger partial charge in [-0.05, 0) is 24.5 Å². The molecule has 2 rings (SSSR count). The Balaban J connectivity index is 1.88. The lowest BCUT2D eigenvalue weighted by Gasteiger charge is -2.13. The summed E-state index contributed by atoms with van der Waals surface area (Å²) < 4.78 is 5.79. The van der Waals surface area contributed by atoms with E-state index in [1.54, 1.807) is 6.92 Å². The van der Waals surface area contributed by atoms with E-state index in [4.69, 9.17) is 4.74 Å². The van der Waals surface area contributed by atoms with Gasteiger partial charge < -0.3 is 20.0 Å². The first-order chi connectivity index (χ1) is 10.5. The Hall–Kier alpha value is -2.08. The van der Waals surface area contributed by atoms with Gasteiger partial charge in [0.25, 0.3) is 0 Å². The fourth-order valence-corrected chi connectivity index (χ4v) is 2.90. The van der Waals surface area contributed by atoms with Gasteiger partial charge in [-0.3, -0.25) is 0 Å². The molecule has 1 heterocycles. The molecule has 0 saturated heterocycles. The number of hydrogen-bond donors (Lipinski definition) is 1. The van der Waals surface area contributed by atoms with E-state index in [9.17, 15) is 9.90 Å². The summed E-state index contributed by atoms with van der Waals surface area (Å²) in [7, 11) is 0. The SMILES string of the molecule is Cc1nc(NCCOc2ccccc2C(C)C)sc1C(=O)[O-]. The molecule has 0 aliphatic heterocycles. The molecule has 0 atom stereocenters. The third kappa shape index (κ3) is 3.98. The third-order valence-electron chi connectivity index (χ3n) is 3.16. The maximum Gasteiger partial charge on any atom is 0.183 e. The Bertz CT molecular complexity index is 653. The normalized spacial score (nSPS) is 10.7. The second kappa shape index (κ2) is 7.26. The second-order valence-corrected chi connectivity index (χ2v) is 6.19. The Morgan fingerprint density at radius 3 is 2.77 bits per heavy atom. The van der Waals surface area contributed by atoms with Gasteiger partial charge in [-0.15, -0.1) is 0 Å². The number of carbonyl (C=O) groups excluding carboxylic acids is 1. The van der Waals surface area contributed by atoms with Crippen LogP contribution in [0.15, 0.2) is 24.3 Å². The molecule has 0 spiro atoms. The quantitative estimate of drug-likeness (QED) is 0.793. The zero-order valence-electron chi connectivity index (χ0n) is 12.9. The van der Waals surface area contributed by atoms with Gasteiger partial charge in [-0.2, -0.15) is 0 Å². The molecule has 0 fully saturated rings. The molecule has 0 aliphatic carbocycles. The zero-order valence-corrected chi connectivity index (χ0v) is 13.7. The molecule has 6 heteroatoms. The fraction of sp³-hybridized carbons (Fsp3) is 0.375. The van der Waals surface area contributed by atoms with Gasteiger partial charge in [-0.25, -0.2) is 4.98 Å². The first-order valence-corrected chi connectivity index (χ1v) is 7.95. The van der Waals surface area contributed by atoms with Crippen LogP contribution >= 0.6 is 11.3 Å². The molecule has 1 N–H and O–H groups in total. The van der Waals surface area contributed by atoms with E-state index in [0.717, 1.165) is 17.1 Å². The lowest BCUT2D eigenvalue weighted by molar-refractivity contribution is -0.254. The van der Waals surface area contributed by atoms with Crippen molar-refractivity contribution in [1.29, 1.82) is 0 Å². The van der Waals surface area contributed by atoms with Crippen molar-refractivity contribution >= 4 is 22.4 Å². The number of para-hydroxylation sites is 1. The van der Waals surface area contributed by atoms with E-state index in [0.29, 0.717) is 29.9 Å². The highest BCUT2D eigenvalue weighted by molar-refractivity contribution is 7.17. The molecule has 0 amide bonds. The van der Waals surface area contributed by atoms with Crippen LogP contribution in [0.25, 0.3) is 0 Å². The minimum atomic E-state index is -1.19. The van der Waals surface area contributed by atoms with Crippen LogP contribution in [0.1, 0.15) is 40.7 Å². The van der Waals surface area contributed by atoms with Crippen molar-refractivity contribution in [1.82, 2.24) is 4.98 Å². The molecule has 22 heavy (non-hydrogen) atoms. The molecule has 0 saturated carbocycles. The minimum absolute atomic E-state index is 0.161. The maximum absolute atomic E-state index is 10.9. The van der Waals surface area contributed by atoms with E-state index in [2.05, 4.69) is 30.2 Å². The van der Waals surface area contributed by atoms with Crippen LogP contribution in [0.3, 0.4) is 0 Å². The molecule has 1 aromatic heterocycles. The topological polar surface area (TPSA) is 74.3 Å². The van der Waals surface area contributed by atoms with Gasteiger partial charge in [0.2, 0.25) is 0 Å². The number of carbonyl (C=O) groups is 1. The summed E-state index contributed by atoms with van der Waals surface area (Å²) in [5.74, 6) is 0.0894. The van der Waals surface area contributed by atoms with Crippen molar-refractivity contribution in [2.45, 2.75) is 26.7 Å². The number of carboxylic acids is 1. The van der Waals surface area contributed by atoms with Crippen molar-refractivity contribution in [2.75, 3.05) is 18.5 Å². The summed E-state index contributed by atoms with van der Waals surface area (Å²) in [6.45, 7) is 6.93. The number of aromatic nitrogens is 1. The van der Waals surface area contributed by atoms with Crippen LogP contribution in [-0.4, -0.2) is 24.1 Å². The Morgan fingerprint density at radius 1 is 1.41 bits per heavy atom. The van der Waals surface area contributed by atoms with Crippen LogP contribution in [0.4, 0.5) is 5.13 Å². The van der Waals surface area contributed by atoms with E-state index in [1.807, 2.05) is 18.2 Å². The molecule has 0 aliphatic rings. The van der Waals surface area contributed by atoms with Gasteiger partial charge >= 0.3 is 0 Å². The Kier molecular flexibility index (Phi) is 5.38. The van der Waals surface area contributed by atoms with Crippen LogP contribution in [-0.2, 0) is 0 Å². The first-order valence-electron chi connectivity index (χ1n) is 7.13. The number of nitrogens with zero attached hydrogens (tertiary/aromatic N) is 1. The summed E-state index contributed by atoms with van der Waals surface area (Å²) in [5.41, 5.74) is 1.64. The summed E-state index contributed by atoms with van der Waals surface area (Å²) in [6, 6.07) is 7.96. The fourth-order valence-electron chi connectivity index (χ4n) is 2.07. The highest BCUT2D eigenvalue weighted by atomic mass is 32.1. The van der Waals surface area contributed by atoms with Crippen LogP contribution < -0.4 is 15.2 Å². The number of nitrogens with one attached hydrogen (secondary N) is 1. The lowest BCUT2D eigenvalue weighted by Crippen LogP contribution is -2.21. The predicted octanol–water partition coefficient (Wildman–Crippen LogP) is 2.43. The average Bonchev–Trinajstić information content (AvgIpc) is 2.85. The van der Waals surface area contributed by atoms with Crippen molar-refractivity contribution in [3.05, 3.63) is 40.4 Å². The number of carboxylic acid groups (broad SMARTS) is 1. The number of rotatable bonds is 7. The van der Waals surface area contributed by atoms with Gasteiger partial charge in [0.15, 0.2) is 5.13 Å². The molecule has 1 aromatic carbocycles. The van der Waals surface area contributed by atoms with Crippen molar-refractivity contribution in [3.63, 3.8) is 0 Å². The zero-order chi connectivity index (χ0) is 16.1. The Labute approximate surface area is 134 Å². The standard InChI is InChI=1S/C16H20N2O3S/c1-10(2)12-6-4-5-7-13(12)21-9-8-17-16-18-11(3)14(22-16)15(19)20/h4-7,10H,8-9H2,1-3H3,(H,17,18)(H,19,20)/p-1. The maximum atomic E-state index is 10.9. The highest BCUT2D eigenvalue weighted by Crippen LogP contribution is 2.26. The molecule has 0 radical (unpaired) electrons. The second-order valence-electron chi connectivity index (χ2n) is 5.19. The summed E-state index contributed by atoms with van der Waals surface area (Å²) >= 11 is 1.08. The largest absolute Gasteiger partial charge is 0.544 e. The van der Waals surface area contributed by atoms with Crippen molar-refractivity contribution in [2.24, 2.45) is 0 Å². The van der Waals surface area contributed by atoms with Crippen molar-refractivity contribution < 1.29 is 14.6 Å². The first kappa shape index (κ1) is 16.3. The number of ether oxygens (including phenoxy) is 1. The lowest BCUT2D eigenvalue weighted by atomic mass is 10.0. The number of thiazole rings is 1. The molecular weight excluding hydrogens is 300 g/mol. The summed E-state index contributed by atoms with van der Waals surface area (Å²) in [4.78, 5) is 15.2. The Morgan fingerprint density at radius 2 is 2.14 bits per heavy atom. The molecule has 118 valence electrons. The molecule has 0 unspecified atom stereocenters. The monoisotopic (exact) mass is 319 g/mol. The number of anilines is 1. The highest BCUT2D eigenvalue weighted by Gasteiger charge is 2.09. The van der Waals surface area contributed by atoms with Gasteiger partial charge in [0.05, 0.1) is 23.1 Å². The third-order valence-corrected chi connectivity index (χ3v) is 4.25. The van der Waals surface area contributed by atoms with E-state index < -0.39 is 5.97 Å². The van der Waals surface area contributed by atoms with Gasteiger partial charge in [0.1, 0.15) is 12.4 Å². The molecule has 5 nitrogen and oxygen atoms in total. The summed E-state index contributed by atoms with van der Waals surface area (Å²) in [6.07, 6.45) is 0.